The molecule has 2 aromatic rings. The first-order valence-corrected chi connectivity index (χ1v) is 9.14. The SMILES string of the molecule is COC(=O)COc1c(C)cc(C=C(C#N)C(=O)NC(C)c2ccccc2)cc1C. The third kappa shape index (κ3) is 5.94. The van der Waals surface area contributed by atoms with Gasteiger partial charge in [-0.3, -0.25) is 4.79 Å². The fraction of sp³-hybridized carbons (Fsp3) is 0.261. The minimum Gasteiger partial charge on any atom is -0.481 e. The topological polar surface area (TPSA) is 88.4 Å². The quantitative estimate of drug-likeness (QED) is 0.441. The highest BCUT2D eigenvalue weighted by Crippen LogP contribution is 2.26. The molecule has 0 aliphatic heterocycles. The summed E-state index contributed by atoms with van der Waals surface area (Å²) in [5, 5.41) is 12.3. The predicted molar refractivity (Wildman–Crippen MR) is 110 cm³/mol. The Morgan fingerprint density at radius 1 is 1.17 bits per heavy atom. The number of esters is 1. The van der Waals surface area contributed by atoms with Crippen LogP contribution in [0.2, 0.25) is 0 Å². The Hall–Kier alpha value is -3.59. The Balaban J connectivity index is 2.18. The van der Waals surface area contributed by atoms with Gasteiger partial charge in [0, 0.05) is 0 Å². The van der Waals surface area contributed by atoms with E-state index in [1.165, 1.54) is 13.2 Å². The third-order valence-electron chi connectivity index (χ3n) is 4.37. The van der Waals surface area contributed by atoms with E-state index >= 15 is 0 Å². The number of nitrogens with one attached hydrogen (secondary N) is 1. The lowest BCUT2D eigenvalue weighted by molar-refractivity contribution is -0.142. The van der Waals surface area contributed by atoms with Crippen LogP contribution in [0.25, 0.3) is 6.08 Å². The molecule has 1 N–H and O–H groups in total. The average Bonchev–Trinajstić information content (AvgIpc) is 2.71. The number of amides is 1. The average molecular weight is 392 g/mol. The van der Waals surface area contributed by atoms with Gasteiger partial charge in [-0.15, -0.1) is 0 Å². The fourth-order valence-electron chi connectivity index (χ4n) is 2.90. The number of benzene rings is 2. The van der Waals surface area contributed by atoms with Crippen molar-refractivity contribution >= 4 is 18.0 Å². The maximum Gasteiger partial charge on any atom is 0.343 e. The van der Waals surface area contributed by atoms with Gasteiger partial charge in [0.25, 0.3) is 5.91 Å². The van der Waals surface area contributed by atoms with Gasteiger partial charge in [0.15, 0.2) is 6.61 Å². The number of nitrogens with zero attached hydrogens (tertiary/aromatic N) is 1. The first kappa shape index (κ1) is 21.7. The van der Waals surface area contributed by atoms with Gasteiger partial charge >= 0.3 is 5.97 Å². The maximum atomic E-state index is 12.5. The summed E-state index contributed by atoms with van der Waals surface area (Å²) in [5.41, 5.74) is 3.24. The van der Waals surface area contributed by atoms with Crippen LogP contribution in [0.15, 0.2) is 48.0 Å². The van der Waals surface area contributed by atoms with Crippen LogP contribution in [0.3, 0.4) is 0 Å². The zero-order chi connectivity index (χ0) is 21.4. The van der Waals surface area contributed by atoms with Crippen LogP contribution >= 0.6 is 0 Å². The number of carbonyl (C=O) groups excluding carboxylic acids is 2. The van der Waals surface area contributed by atoms with Crippen molar-refractivity contribution in [1.29, 1.82) is 5.26 Å². The highest BCUT2D eigenvalue weighted by molar-refractivity contribution is 6.01. The molecular weight excluding hydrogens is 368 g/mol. The molecular formula is C23H24N2O4. The van der Waals surface area contributed by atoms with Crippen molar-refractivity contribution < 1.29 is 19.1 Å². The Bertz CT molecular complexity index is 936. The smallest absolute Gasteiger partial charge is 0.343 e. The number of nitriles is 1. The van der Waals surface area contributed by atoms with Gasteiger partial charge in [0.05, 0.1) is 13.2 Å². The van der Waals surface area contributed by atoms with Gasteiger partial charge in [0.1, 0.15) is 17.4 Å². The molecule has 1 unspecified atom stereocenters. The van der Waals surface area contributed by atoms with Gasteiger partial charge in [0.2, 0.25) is 0 Å². The number of hydrogen-bond acceptors (Lipinski definition) is 5. The van der Waals surface area contributed by atoms with E-state index in [9.17, 15) is 14.9 Å². The molecule has 150 valence electrons. The molecule has 2 rings (SSSR count). The van der Waals surface area contributed by atoms with E-state index in [1.807, 2.05) is 57.2 Å². The highest BCUT2D eigenvalue weighted by atomic mass is 16.6. The van der Waals surface area contributed by atoms with Crippen molar-refractivity contribution in [2.24, 2.45) is 0 Å². The van der Waals surface area contributed by atoms with E-state index in [1.54, 1.807) is 12.1 Å². The summed E-state index contributed by atoms with van der Waals surface area (Å²) in [4.78, 5) is 23.8. The second-order valence-electron chi connectivity index (χ2n) is 6.62. The van der Waals surface area contributed by atoms with Crippen molar-refractivity contribution in [3.05, 3.63) is 70.3 Å². The lowest BCUT2D eigenvalue weighted by Gasteiger charge is -2.14. The molecule has 6 heteroatoms. The van der Waals surface area contributed by atoms with Crippen LogP contribution in [-0.2, 0) is 14.3 Å². The molecule has 0 radical (unpaired) electrons. The number of hydrogen-bond donors (Lipinski definition) is 1. The summed E-state index contributed by atoms with van der Waals surface area (Å²) >= 11 is 0. The van der Waals surface area contributed by atoms with E-state index in [0.29, 0.717) is 11.3 Å². The van der Waals surface area contributed by atoms with Crippen molar-refractivity contribution in [1.82, 2.24) is 5.32 Å². The fourth-order valence-corrected chi connectivity index (χ4v) is 2.90. The molecule has 0 aromatic heterocycles. The van der Waals surface area contributed by atoms with Crippen molar-refractivity contribution in [2.75, 3.05) is 13.7 Å². The first-order valence-electron chi connectivity index (χ1n) is 9.14. The second-order valence-corrected chi connectivity index (χ2v) is 6.62. The lowest BCUT2D eigenvalue weighted by Crippen LogP contribution is -2.27. The molecule has 1 amide bonds. The largest absolute Gasteiger partial charge is 0.481 e. The van der Waals surface area contributed by atoms with Gasteiger partial charge in [-0.2, -0.15) is 5.26 Å². The van der Waals surface area contributed by atoms with E-state index < -0.39 is 11.9 Å². The first-order chi connectivity index (χ1) is 13.8. The molecule has 6 nitrogen and oxygen atoms in total. The predicted octanol–water partition coefficient (Wildman–Crippen LogP) is 3.64. The number of aryl methyl sites for hydroxylation is 2. The minimum atomic E-state index is -0.469. The van der Waals surface area contributed by atoms with Crippen LogP contribution in [-0.4, -0.2) is 25.6 Å². The van der Waals surface area contributed by atoms with Crippen LogP contribution in [0.4, 0.5) is 0 Å². The van der Waals surface area contributed by atoms with Crippen LogP contribution in [0.5, 0.6) is 5.75 Å². The summed E-state index contributed by atoms with van der Waals surface area (Å²) in [6.45, 7) is 5.35. The normalized spacial score (nSPS) is 11.9. The zero-order valence-electron chi connectivity index (χ0n) is 17.0. The van der Waals surface area contributed by atoms with Crippen molar-refractivity contribution in [3.8, 4) is 11.8 Å². The monoisotopic (exact) mass is 392 g/mol. The summed E-state index contributed by atoms with van der Waals surface area (Å²) in [6.07, 6.45) is 1.54. The number of carbonyl (C=O) groups is 2. The molecule has 0 saturated carbocycles. The van der Waals surface area contributed by atoms with Crippen molar-refractivity contribution in [3.63, 3.8) is 0 Å². The number of ether oxygens (including phenoxy) is 2. The van der Waals surface area contributed by atoms with Gasteiger partial charge in [-0.1, -0.05) is 30.3 Å². The van der Waals surface area contributed by atoms with E-state index in [2.05, 4.69) is 10.1 Å². The number of rotatable bonds is 7. The van der Waals surface area contributed by atoms with Crippen molar-refractivity contribution in [2.45, 2.75) is 26.8 Å². The van der Waals surface area contributed by atoms with E-state index in [0.717, 1.165) is 16.7 Å². The van der Waals surface area contributed by atoms with Crippen LogP contribution < -0.4 is 10.1 Å². The molecule has 1 atom stereocenters. The molecule has 0 aliphatic rings. The molecule has 0 fully saturated rings. The molecule has 0 heterocycles. The maximum absolute atomic E-state index is 12.5. The summed E-state index contributed by atoms with van der Waals surface area (Å²) in [5.74, 6) is -0.331. The van der Waals surface area contributed by atoms with Gasteiger partial charge < -0.3 is 14.8 Å². The summed E-state index contributed by atoms with van der Waals surface area (Å²) < 4.78 is 10.1. The second kappa shape index (κ2) is 10.1. The molecule has 0 saturated heterocycles. The lowest BCUT2D eigenvalue weighted by atomic mass is 10.0. The molecule has 0 bridgehead atoms. The third-order valence-corrected chi connectivity index (χ3v) is 4.37. The Morgan fingerprint density at radius 2 is 1.79 bits per heavy atom. The van der Waals surface area contributed by atoms with Gasteiger partial charge in [-0.05, 0) is 61.2 Å². The Morgan fingerprint density at radius 3 is 2.34 bits per heavy atom. The Kier molecular flexibility index (Phi) is 7.55. The van der Waals surface area contributed by atoms with E-state index in [4.69, 9.17) is 4.74 Å². The minimum absolute atomic E-state index is 0.00908. The molecule has 0 spiro atoms. The zero-order valence-corrected chi connectivity index (χ0v) is 17.0. The number of methoxy groups -OCH3 is 1. The van der Waals surface area contributed by atoms with Gasteiger partial charge in [-0.25, -0.2) is 4.79 Å². The van der Waals surface area contributed by atoms with Crippen LogP contribution in [0, 0.1) is 25.2 Å². The van der Waals surface area contributed by atoms with Crippen LogP contribution in [0.1, 0.15) is 35.2 Å². The molecule has 0 aliphatic carbocycles. The summed E-state index contributed by atoms with van der Waals surface area (Å²) in [6, 6.07) is 14.9. The molecule has 29 heavy (non-hydrogen) atoms. The highest BCUT2D eigenvalue weighted by Gasteiger charge is 2.15. The van der Waals surface area contributed by atoms with E-state index in [-0.39, 0.29) is 18.2 Å². The summed E-state index contributed by atoms with van der Waals surface area (Å²) in [7, 11) is 1.30. The molecule has 2 aromatic carbocycles. The Labute approximate surface area is 170 Å². The standard InChI is InChI=1S/C23H24N2O4/c1-15-10-18(11-16(2)22(15)29-14-21(26)28-4)12-20(13-24)23(27)25-17(3)19-8-6-5-7-9-19/h5-12,17H,14H2,1-4H3,(H,25,27).